The largest absolute Gasteiger partial charge is 0.340 e. The molecule has 4 nitrogen and oxygen atoms in total. The maximum absolute atomic E-state index is 12.3. The van der Waals surface area contributed by atoms with Gasteiger partial charge in [0.15, 0.2) is 0 Å². The lowest BCUT2D eigenvalue weighted by molar-refractivity contribution is -0.134. The summed E-state index contributed by atoms with van der Waals surface area (Å²) in [4.78, 5) is 16.6. The summed E-state index contributed by atoms with van der Waals surface area (Å²) in [6, 6.07) is 10.4. The van der Waals surface area contributed by atoms with Gasteiger partial charge in [-0.2, -0.15) is 0 Å². The second-order valence-electron chi connectivity index (χ2n) is 6.38. The number of carbonyl (C=O) groups excluding carboxylic acids is 1. The van der Waals surface area contributed by atoms with E-state index in [1.807, 2.05) is 31.9 Å². The molecule has 1 aromatic carbocycles. The Bertz CT molecular complexity index is 460. The number of carbonyl (C=O) groups is 1. The van der Waals surface area contributed by atoms with Crippen molar-refractivity contribution < 1.29 is 4.79 Å². The first kappa shape index (κ1) is 16.0. The van der Waals surface area contributed by atoms with Gasteiger partial charge in [0.25, 0.3) is 0 Å². The molecule has 21 heavy (non-hydrogen) atoms. The van der Waals surface area contributed by atoms with E-state index in [4.69, 9.17) is 5.73 Å². The van der Waals surface area contributed by atoms with Crippen molar-refractivity contribution in [3.05, 3.63) is 35.9 Å². The highest BCUT2D eigenvalue weighted by atomic mass is 16.2. The number of nitrogens with two attached hydrogens (primary N) is 1. The summed E-state index contributed by atoms with van der Waals surface area (Å²) >= 11 is 0. The highest BCUT2D eigenvalue weighted by Gasteiger charge is 2.31. The van der Waals surface area contributed by atoms with Crippen molar-refractivity contribution in [1.82, 2.24) is 9.80 Å². The fourth-order valence-electron chi connectivity index (χ4n) is 2.81. The summed E-state index contributed by atoms with van der Waals surface area (Å²) in [6.45, 7) is 6.91. The number of likely N-dealkylation sites (N-methyl/N-ethyl adjacent to an activating group) is 1. The van der Waals surface area contributed by atoms with Crippen molar-refractivity contribution >= 4 is 5.91 Å². The van der Waals surface area contributed by atoms with Crippen molar-refractivity contribution in [2.75, 3.05) is 20.1 Å². The smallest absolute Gasteiger partial charge is 0.239 e. The molecule has 0 radical (unpaired) electrons. The Kier molecular flexibility index (Phi) is 5.37. The minimum Gasteiger partial charge on any atom is -0.340 e. The first-order valence-electron chi connectivity index (χ1n) is 7.77. The molecule has 1 heterocycles. The molecule has 2 rings (SSSR count). The zero-order chi connectivity index (χ0) is 15.4. The van der Waals surface area contributed by atoms with Crippen molar-refractivity contribution in [3.63, 3.8) is 0 Å². The number of likely N-dealkylation sites (tertiary alicyclic amines) is 1. The summed E-state index contributed by atoms with van der Waals surface area (Å²) in [5.41, 5.74) is 7.31. The first-order valence-corrected chi connectivity index (χ1v) is 7.77. The number of amides is 1. The SMILES string of the molecule is CC(C)C(N)C(=O)N(C)C1CCN(Cc2ccccc2)C1. The van der Waals surface area contributed by atoms with Crippen LogP contribution in [-0.4, -0.2) is 47.9 Å². The van der Waals surface area contributed by atoms with Gasteiger partial charge in [-0.15, -0.1) is 0 Å². The van der Waals surface area contributed by atoms with Gasteiger partial charge in [-0.3, -0.25) is 9.69 Å². The molecule has 1 saturated heterocycles. The van der Waals surface area contributed by atoms with Crippen molar-refractivity contribution in [2.24, 2.45) is 11.7 Å². The minimum absolute atomic E-state index is 0.0663. The second kappa shape index (κ2) is 7.05. The van der Waals surface area contributed by atoms with Crippen molar-refractivity contribution in [2.45, 2.75) is 38.9 Å². The minimum atomic E-state index is -0.391. The van der Waals surface area contributed by atoms with Crippen LogP contribution in [-0.2, 0) is 11.3 Å². The number of rotatable bonds is 5. The summed E-state index contributed by atoms with van der Waals surface area (Å²) < 4.78 is 0. The molecule has 0 aromatic heterocycles. The molecule has 116 valence electrons. The van der Waals surface area contributed by atoms with E-state index in [9.17, 15) is 4.79 Å². The van der Waals surface area contributed by atoms with Crippen LogP contribution in [0, 0.1) is 5.92 Å². The Labute approximate surface area is 127 Å². The van der Waals surface area contributed by atoms with Gasteiger partial charge in [0.2, 0.25) is 5.91 Å². The van der Waals surface area contributed by atoms with E-state index in [-0.39, 0.29) is 17.9 Å². The van der Waals surface area contributed by atoms with Crippen LogP contribution in [0.2, 0.25) is 0 Å². The van der Waals surface area contributed by atoms with Gasteiger partial charge < -0.3 is 10.6 Å². The Morgan fingerprint density at radius 2 is 2.05 bits per heavy atom. The molecule has 0 saturated carbocycles. The first-order chi connectivity index (χ1) is 9.99. The Balaban J connectivity index is 1.88. The molecule has 1 aliphatic heterocycles. The highest BCUT2D eigenvalue weighted by molar-refractivity contribution is 5.82. The third kappa shape index (κ3) is 4.05. The fraction of sp³-hybridized carbons (Fsp3) is 0.588. The molecule has 2 atom stereocenters. The van der Waals surface area contributed by atoms with E-state index in [1.54, 1.807) is 0 Å². The molecule has 1 aliphatic rings. The molecule has 1 amide bonds. The van der Waals surface area contributed by atoms with Crippen LogP contribution in [0.5, 0.6) is 0 Å². The maximum Gasteiger partial charge on any atom is 0.239 e. The van der Waals surface area contributed by atoms with Crippen LogP contribution < -0.4 is 5.73 Å². The molecule has 1 aromatic rings. The summed E-state index contributed by atoms with van der Waals surface area (Å²) in [5, 5.41) is 0. The lowest BCUT2D eigenvalue weighted by Gasteiger charge is -2.29. The quantitative estimate of drug-likeness (QED) is 0.897. The van der Waals surface area contributed by atoms with Gasteiger partial charge in [0.1, 0.15) is 0 Å². The molecular weight excluding hydrogens is 262 g/mol. The second-order valence-corrected chi connectivity index (χ2v) is 6.38. The Hall–Kier alpha value is -1.39. The third-order valence-electron chi connectivity index (χ3n) is 4.40. The normalized spacial score (nSPS) is 20.7. The summed E-state index contributed by atoms with van der Waals surface area (Å²) in [6.07, 6.45) is 1.03. The molecule has 2 N–H and O–H groups in total. The van der Waals surface area contributed by atoms with Crippen molar-refractivity contribution in [1.29, 1.82) is 0 Å². The van der Waals surface area contributed by atoms with Gasteiger partial charge in [-0.1, -0.05) is 44.2 Å². The monoisotopic (exact) mass is 289 g/mol. The van der Waals surface area contributed by atoms with E-state index in [1.165, 1.54) is 5.56 Å². The number of benzene rings is 1. The van der Waals surface area contributed by atoms with E-state index >= 15 is 0 Å². The summed E-state index contributed by atoms with van der Waals surface area (Å²) in [5.74, 6) is 0.248. The van der Waals surface area contributed by atoms with E-state index in [0.717, 1.165) is 26.1 Å². The van der Waals surface area contributed by atoms with Crippen LogP contribution >= 0.6 is 0 Å². The molecule has 0 spiro atoms. The molecule has 1 fully saturated rings. The molecular formula is C17H27N3O. The predicted molar refractivity (Wildman–Crippen MR) is 85.7 cm³/mol. The van der Waals surface area contributed by atoms with Crippen LogP contribution in [0.3, 0.4) is 0 Å². The number of hydrogen-bond acceptors (Lipinski definition) is 3. The van der Waals surface area contributed by atoms with Gasteiger partial charge in [-0.25, -0.2) is 0 Å². The van der Waals surface area contributed by atoms with Gasteiger partial charge in [-0.05, 0) is 17.9 Å². The third-order valence-corrected chi connectivity index (χ3v) is 4.40. The standard InChI is InChI=1S/C17H27N3O/c1-13(2)16(18)17(21)19(3)15-9-10-20(12-15)11-14-7-5-4-6-8-14/h4-8,13,15-16H,9-12,18H2,1-3H3. The van der Waals surface area contributed by atoms with Crippen molar-refractivity contribution in [3.8, 4) is 0 Å². The Morgan fingerprint density at radius 3 is 2.67 bits per heavy atom. The average Bonchev–Trinajstić information content (AvgIpc) is 2.94. The van der Waals surface area contributed by atoms with Gasteiger partial charge >= 0.3 is 0 Å². The van der Waals surface area contributed by atoms with E-state index in [2.05, 4.69) is 29.2 Å². The fourth-order valence-corrected chi connectivity index (χ4v) is 2.81. The molecule has 2 unspecified atom stereocenters. The predicted octanol–water partition coefficient (Wildman–Crippen LogP) is 1.70. The molecule has 0 bridgehead atoms. The van der Waals surface area contributed by atoms with Crippen LogP contribution in [0.4, 0.5) is 0 Å². The van der Waals surface area contributed by atoms with Gasteiger partial charge in [0.05, 0.1) is 6.04 Å². The van der Waals surface area contributed by atoms with Crippen LogP contribution in [0.25, 0.3) is 0 Å². The average molecular weight is 289 g/mol. The highest BCUT2D eigenvalue weighted by Crippen LogP contribution is 2.18. The lowest BCUT2D eigenvalue weighted by Crippen LogP contribution is -2.49. The summed E-state index contributed by atoms with van der Waals surface area (Å²) in [7, 11) is 1.89. The zero-order valence-corrected chi connectivity index (χ0v) is 13.3. The Morgan fingerprint density at radius 1 is 1.38 bits per heavy atom. The van der Waals surface area contributed by atoms with Gasteiger partial charge in [0, 0.05) is 32.7 Å². The molecule has 4 heteroatoms. The number of hydrogen-bond donors (Lipinski definition) is 1. The number of nitrogens with zero attached hydrogens (tertiary/aromatic N) is 2. The lowest BCUT2D eigenvalue weighted by atomic mass is 10.0. The topological polar surface area (TPSA) is 49.6 Å². The molecule has 0 aliphatic carbocycles. The van der Waals surface area contributed by atoms with E-state index < -0.39 is 6.04 Å². The van der Waals surface area contributed by atoms with Crippen LogP contribution in [0.15, 0.2) is 30.3 Å². The van der Waals surface area contributed by atoms with Crippen LogP contribution in [0.1, 0.15) is 25.8 Å². The maximum atomic E-state index is 12.3. The van der Waals surface area contributed by atoms with E-state index in [0.29, 0.717) is 0 Å². The zero-order valence-electron chi connectivity index (χ0n) is 13.3.